The van der Waals surface area contributed by atoms with E-state index in [4.69, 9.17) is 5.10 Å². The zero-order valence-electron chi connectivity index (χ0n) is 22.5. The Kier molecular flexibility index (Phi) is 7.18. The van der Waals surface area contributed by atoms with E-state index < -0.39 is 23.6 Å². The first-order chi connectivity index (χ1) is 17.6. The molecule has 5 rings (SSSR count). The minimum absolute atomic E-state index is 0.00296. The van der Waals surface area contributed by atoms with E-state index in [1.807, 2.05) is 11.9 Å². The minimum atomic E-state index is -0.849. The van der Waals surface area contributed by atoms with Gasteiger partial charge in [-0.3, -0.25) is 14.4 Å². The fraction of sp³-hybridized carbons (Fsp3) is 0.655. The highest BCUT2D eigenvalue weighted by atomic mass is 19.1. The molecule has 4 atom stereocenters. The Morgan fingerprint density at radius 3 is 2.49 bits per heavy atom. The number of rotatable bonds is 7. The fourth-order valence-corrected chi connectivity index (χ4v) is 7.62. The first-order valence-electron chi connectivity index (χ1n) is 13.8. The van der Waals surface area contributed by atoms with Crippen molar-refractivity contribution in [3.63, 3.8) is 0 Å². The van der Waals surface area contributed by atoms with Crippen LogP contribution in [0.25, 0.3) is 0 Å². The third-order valence-corrected chi connectivity index (χ3v) is 9.75. The number of hydrogen-bond donors (Lipinski definition) is 1. The second kappa shape index (κ2) is 10.1. The highest BCUT2D eigenvalue weighted by Crippen LogP contribution is 2.48. The third kappa shape index (κ3) is 4.83. The SMILES string of the molecule is CCc1nn(C)c2c1CCC21CCN(C[C@H]2C[C@H](N(C)[C@H](C)C(=O)O)C[C@@H]2c2cc(F)cc(F)c2)CC1. The Hall–Kier alpha value is -2.32. The van der Waals surface area contributed by atoms with Gasteiger partial charge >= 0.3 is 5.97 Å². The second-order valence-corrected chi connectivity index (χ2v) is 11.7. The Balaban J connectivity index is 1.32. The van der Waals surface area contributed by atoms with Gasteiger partial charge < -0.3 is 10.0 Å². The zero-order chi connectivity index (χ0) is 26.5. The van der Waals surface area contributed by atoms with E-state index in [1.54, 1.807) is 6.92 Å². The molecule has 2 fully saturated rings. The molecule has 1 aliphatic heterocycles. The van der Waals surface area contributed by atoms with Crippen molar-refractivity contribution in [2.24, 2.45) is 13.0 Å². The number of aryl methyl sites for hydroxylation is 2. The van der Waals surface area contributed by atoms with Crippen molar-refractivity contribution in [2.75, 3.05) is 26.7 Å². The van der Waals surface area contributed by atoms with Crippen molar-refractivity contribution >= 4 is 5.97 Å². The number of benzene rings is 1. The van der Waals surface area contributed by atoms with Crippen LogP contribution < -0.4 is 0 Å². The molecule has 202 valence electrons. The topological polar surface area (TPSA) is 61.6 Å². The lowest BCUT2D eigenvalue weighted by Crippen LogP contribution is -2.44. The largest absolute Gasteiger partial charge is 0.480 e. The molecule has 1 aromatic heterocycles. The Morgan fingerprint density at radius 1 is 1.19 bits per heavy atom. The average molecular weight is 515 g/mol. The van der Waals surface area contributed by atoms with Crippen molar-refractivity contribution in [1.82, 2.24) is 19.6 Å². The van der Waals surface area contributed by atoms with Crippen LogP contribution in [0.1, 0.15) is 74.4 Å². The van der Waals surface area contributed by atoms with Crippen LogP contribution in [0, 0.1) is 17.6 Å². The van der Waals surface area contributed by atoms with Gasteiger partial charge in [0.15, 0.2) is 0 Å². The molecule has 0 bridgehead atoms. The van der Waals surface area contributed by atoms with E-state index in [-0.39, 0.29) is 23.3 Å². The second-order valence-electron chi connectivity index (χ2n) is 11.7. The third-order valence-electron chi connectivity index (χ3n) is 9.75. The van der Waals surface area contributed by atoms with E-state index in [9.17, 15) is 18.7 Å². The van der Waals surface area contributed by atoms with Gasteiger partial charge in [-0.2, -0.15) is 5.10 Å². The average Bonchev–Trinajstić information content (AvgIpc) is 3.53. The molecule has 1 aromatic carbocycles. The first-order valence-corrected chi connectivity index (χ1v) is 13.8. The minimum Gasteiger partial charge on any atom is -0.480 e. The van der Waals surface area contributed by atoms with Crippen LogP contribution in [-0.2, 0) is 30.1 Å². The van der Waals surface area contributed by atoms with E-state index in [2.05, 4.69) is 23.6 Å². The molecular formula is C29H40F2N4O2. The van der Waals surface area contributed by atoms with Gasteiger partial charge in [0.2, 0.25) is 0 Å². The number of carbonyl (C=O) groups is 1. The maximum absolute atomic E-state index is 14.2. The summed E-state index contributed by atoms with van der Waals surface area (Å²) in [4.78, 5) is 16.1. The van der Waals surface area contributed by atoms with Gasteiger partial charge in [-0.1, -0.05) is 6.92 Å². The van der Waals surface area contributed by atoms with Gasteiger partial charge in [-0.15, -0.1) is 0 Å². The summed E-state index contributed by atoms with van der Waals surface area (Å²) in [6, 6.07) is 3.30. The number of carboxylic acids is 1. The van der Waals surface area contributed by atoms with Crippen molar-refractivity contribution in [3.05, 3.63) is 52.3 Å². The van der Waals surface area contributed by atoms with E-state index >= 15 is 0 Å². The molecule has 1 saturated carbocycles. The van der Waals surface area contributed by atoms with Gasteiger partial charge in [-0.05, 0) is 107 Å². The highest BCUT2D eigenvalue weighted by Gasteiger charge is 2.46. The van der Waals surface area contributed by atoms with Crippen LogP contribution in [-0.4, -0.2) is 69.4 Å². The molecule has 8 heteroatoms. The number of aromatic nitrogens is 2. The van der Waals surface area contributed by atoms with Gasteiger partial charge in [0.25, 0.3) is 0 Å². The van der Waals surface area contributed by atoms with Gasteiger partial charge in [0, 0.05) is 36.8 Å². The molecular weight excluding hydrogens is 474 g/mol. The summed E-state index contributed by atoms with van der Waals surface area (Å²) in [6.45, 7) is 6.75. The number of hydrogen-bond acceptors (Lipinski definition) is 4. The predicted octanol–water partition coefficient (Wildman–Crippen LogP) is 4.51. The first kappa shape index (κ1) is 26.3. The van der Waals surface area contributed by atoms with Crippen LogP contribution in [0.5, 0.6) is 0 Å². The van der Waals surface area contributed by atoms with Crippen molar-refractivity contribution in [1.29, 1.82) is 0 Å². The summed E-state index contributed by atoms with van der Waals surface area (Å²) in [6.07, 6.45) is 7.04. The Labute approximate surface area is 218 Å². The van der Waals surface area contributed by atoms with E-state index in [0.717, 1.165) is 57.8 Å². The quantitative estimate of drug-likeness (QED) is 0.589. The van der Waals surface area contributed by atoms with Crippen LogP contribution in [0.15, 0.2) is 18.2 Å². The summed E-state index contributed by atoms with van der Waals surface area (Å²) in [7, 11) is 3.95. The summed E-state index contributed by atoms with van der Waals surface area (Å²) < 4.78 is 30.5. The molecule has 0 amide bonds. The molecule has 2 aliphatic carbocycles. The van der Waals surface area contributed by atoms with Gasteiger partial charge in [0.05, 0.1) is 5.69 Å². The molecule has 37 heavy (non-hydrogen) atoms. The molecule has 0 unspecified atom stereocenters. The van der Waals surface area contributed by atoms with Crippen LogP contribution in [0.3, 0.4) is 0 Å². The number of halogens is 2. The van der Waals surface area contributed by atoms with Crippen molar-refractivity contribution in [3.8, 4) is 0 Å². The number of carboxylic acid groups (broad SMARTS) is 1. The molecule has 1 N–H and O–H groups in total. The van der Waals surface area contributed by atoms with Crippen LogP contribution >= 0.6 is 0 Å². The van der Waals surface area contributed by atoms with Crippen molar-refractivity contribution < 1.29 is 18.7 Å². The number of nitrogens with zero attached hydrogens (tertiary/aromatic N) is 4. The molecule has 1 spiro atoms. The summed E-state index contributed by atoms with van der Waals surface area (Å²) in [5.74, 6) is -1.74. The number of piperidine rings is 1. The Morgan fingerprint density at radius 2 is 1.86 bits per heavy atom. The van der Waals surface area contributed by atoms with Crippen LogP contribution in [0.4, 0.5) is 8.78 Å². The van der Waals surface area contributed by atoms with Gasteiger partial charge in [0.1, 0.15) is 17.7 Å². The molecule has 2 aromatic rings. The maximum Gasteiger partial charge on any atom is 0.320 e. The Bertz CT molecular complexity index is 1140. The number of fused-ring (bicyclic) bond motifs is 2. The van der Waals surface area contributed by atoms with Gasteiger partial charge in [-0.25, -0.2) is 8.78 Å². The van der Waals surface area contributed by atoms with E-state index in [1.165, 1.54) is 35.5 Å². The number of likely N-dealkylation sites (N-methyl/N-ethyl adjacent to an activating group) is 1. The molecule has 6 nitrogen and oxygen atoms in total. The molecule has 2 heterocycles. The highest BCUT2D eigenvalue weighted by molar-refractivity contribution is 5.72. The number of aliphatic carboxylic acids is 1. The molecule has 0 radical (unpaired) electrons. The molecule has 1 saturated heterocycles. The lowest BCUT2D eigenvalue weighted by Gasteiger charge is -2.41. The maximum atomic E-state index is 14.2. The monoisotopic (exact) mass is 514 g/mol. The van der Waals surface area contributed by atoms with Crippen LogP contribution in [0.2, 0.25) is 0 Å². The zero-order valence-corrected chi connectivity index (χ0v) is 22.5. The standard InChI is InChI=1S/C29H40F2N4O2/c1-5-26-24-6-7-29(27(24)34(4)32-26)8-10-35(11-9-29)17-20-14-23(33(3)18(2)28(36)37)16-25(20)19-12-21(30)15-22(31)13-19/h12-13,15,18,20,23,25H,5-11,14,16-17H2,1-4H3,(H,36,37)/t18-,20-,23+,25-/m1/s1. The smallest absolute Gasteiger partial charge is 0.320 e. The number of likely N-dealkylation sites (tertiary alicyclic amines) is 1. The summed E-state index contributed by atoms with van der Waals surface area (Å²) in [5, 5.41) is 14.4. The lowest BCUT2D eigenvalue weighted by atomic mass is 9.75. The van der Waals surface area contributed by atoms with Crippen molar-refractivity contribution in [2.45, 2.75) is 82.2 Å². The lowest BCUT2D eigenvalue weighted by molar-refractivity contribution is -0.142. The predicted molar refractivity (Wildman–Crippen MR) is 139 cm³/mol. The summed E-state index contributed by atoms with van der Waals surface area (Å²) >= 11 is 0. The molecule has 3 aliphatic rings. The normalized spacial score (nSPS) is 26.2. The van der Waals surface area contributed by atoms with E-state index in [0.29, 0.717) is 12.0 Å². The fourth-order valence-electron chi connectivity index (χ4n) is 7.62. The summed E-state index contributed by atoms with van der Waals surface area (Å²) in [5.41, 5.74) is 5.07.